The molecule has 25 heavy (non-hydrogen) atoms. The maximum atomic E-state index is 12.4. The van der Waals surface area contributed by atoms with Crippen LogP contribution in [0.15, 0.2) is 79.0 Å². The zero-order valence-electron chi connectivity index (χ0n) is 13.5. The fourth-order valence-corrected chi connectivity index (χ4v) is 2.33. The Morgan fingerprint density at radius 1 is 0.800 bits per heavy atom. The zero-order valence-corrected chi connectivity index (χ0v) is 13.5. The third-order valence-electron chi connectivity index (χ3n) is 3.60. The molecular formula is C20H17N3O2. The van der Waals surface area contributed by atoms with E-state index < -0.39 is 0 Å². The summed E-state index contributed by atoms with van der Waals surface area (Å²) >= 11 is 0. The van der Waals surface area contributed by atoms with Crippen LogP contribution in [0.5, 0.6) is 0 Å². The van der Waals surface area contributed by atoms with Crippen molar-refractivity contribution in [3.05, 3.63) is 95.8 Å². The lowest BCUT2D eigenvalue weighted by Gasteiger charge is -2.10. The van der Waals surface area contributed by atoms with Gasteiger partial charge in [0.05, 0.1) is 5.69 Å². The number of aromatic nitrogens is 1. The van der Waals surface area contributed by atoms with Crippen LogP contribution in [0.2, 0.25) is 0 Å². The Morgan fingerprint density at radius 3 is 2.20 bits per heavy atom. The maximum absolute atomic E-state index is 12.4. The third kappa shape index (κ3) is 4.29. The summed E-state index contributed by atoms with van der Waals surface area (Å²) in [5, 5.41) is 5.56. The lowest BCUT2D eigenvalue weighted by Crippen LogP contribution is -2.26. The number of rotatable bonds is 5. The third-order valence-corrected chi connectivity index (χ3v) is 3.60. The van der Waals surface area contributed by atoms with Gasteiger partial charge in [0.15, 0.2) is 5.69 Å². The number of carbonyl (C=O) groups excluding carboxylic acids is 2. The van der Waals surface area contributed by atoms with E-state index >= 15 is 0 Å². The predicted octanol–water partition coefficient (Wildman–Crippen LogP) is 3.26. The molecule has 3 aromatic rings. The molecule has 3 rings (SSSR count). The molecule has 1 aromatic heterocycles. The Labute approximate surface area is 145 Å². The van der Waals surface area contributed by atoms with Crippen LogP contribution in [0.1, 0.15) is 26.4 Å². The summed E-state index contributed by atoms with van der Waals surface area (Å²) < 4.78 is 0. The van der Waals surface area contributed by atoms with Gasteiger partial charge in [0, 0.05) is 18.3 Å². The van der Waals surface area contributed by atoms with Crippen molar-refractivity contribution in [2.45, 2.75) is 6.54 Å². The topological polar surface area (TPSA) is 71.1 Å². The predicted molar refractivity (Wildman–Crippen MR) is 96.2 cm³/mol. The van der Waals surface area contributed by atoms with Crippen LogP contribution in [0.25, 0.3) is 0 Å². The highest BCUT2D eigenvalue weighted by molar-refractivity contribution is 6.08. The molecule has 0 aliphatic rings. The Morgan fingerprint density at radius 2 is 1.48 bits per heavy atom. The van der Waals surface area contributed by atoms with Crippen molar-refractivity contribution in [1.29, 1.82) is 0 Å². The van der Waals surface area contributed by atoms with Crippen LogP contribution in [0, 0.1) is 0 Å². The van der Waals surface area contributed by atoms with Crippen molar-refractivity contribution in [1.82, 2.24) is 10.3 Å². The first-order valence-corrected chi connectivity index (χ1v) is 7.87. The fraction of sp³-hybridized carbons (Fsp3) is 0.0500. The molecule has 2 amide bonds. The second-order valence-corrected chi connectivity index (χ2v) is 5.39. The van der Waals surface area contributed by atoms with E-state index in [-0.39, 0.29) is 17.5 Å². The number of pyridine rings is 1. The number of nitrogens with zero attached hydrogens (tertiary/aromatic N) is 1. The molecule has 5 heteroatoms. The van der Waals surface area contributed by atoms with Crippen LogP contribution in [-0.2, 0) is 6.54 Å². The Balaban J connectivity index is 1.72. The highest BCUT2D eigenvalue weighted by Crippen LogP contribution is 2.14. The number of anilines is 1. The second-order valence-electron chi connectivity index (χ2n) is 5.39. The van der Waals surface area contributed by atoms with Gasteiger partial charge in [-0.1, -0.05) is 48.5 Å². The number of hydrogen-bond acceptors (Lipinski definition) is 3. The highest BCUT2D eigenvalue weighted by Gasteiger charge is 2.15. The summed E-state index contributed by atoms with van der Waals surface area (Å²) in [6.45, 7) is 0.391. The van der Waals surface area contributed by atoms with Gasteiger partial charge in [-0.25, -0.2) is 4.98 Å². The minimum atomic E-state index is -0.340. The molecule has 0 saturated carbocycles. The Hall–Kier alpha value is -3.47. The molecule has 124 valence electrons. The van der Waals surface area contributed by atoms with Crippen LogP contribution in [0.3, 0.4) is 0 Å². The van der Waals surface area contributed by atoms with E-state index in [2.05, 4.69) is 15.6 Å². The van der Waals surface area contributed by atoms with Gasteiger partial charge in [0.2, 0.25) is 0 Å². The van der Waals surface area contributed by atoms with Crippen molar-refractivity contribution < 1.29 is 9.59 Å². The highest BCUT2D eigenvalue weighted by atomic mass is 16.2. The summed E-state index contributed by atoms with van der Waals surface area (Å²) in [4.78, 5) is 28.8. The molecule has 0 radical (unpaired) electrons. The molecular weight excluding hydrogens is 314 g/mol. The lowest BCUT2D eigenvalue weighted by atomic mass is 10.2. The molecule has 2 aromatic carbocycles. The second kappa shape index (κ2) is 7.88. The Kier molecular flexibility index (Phi) is 5.16. The monoisotopic (exact) mass is 331 g/mol. The first-order valence-electron chi connectivity index (χ1n) is 7.87. The number of amides is 2. The largest absolute Gasteiger partial charge is 0.347 e. The number of carbonyl (C=O) groups is 2. The van der Waals surface area contributed by atoms with Gasteiger partial charge in [-0.05, 0) is 29.8 Å². The molecule has 0 bridgehead atoms. The van der Waals surface area contributed by atoms with E-state index in [1.165, 1.54) is 6.20 Å². The molecule has 0 saturated heterocycles. The normalized spacial score (nSPS) is 10.1. The van der Waals surface area contributed by atoms with Gasteiger partial charge in [-0.3, -0.25) is 9.59 Å². The van der Waals surface area contributed by atoms with Crippen LogP contribution < -0.4 is 10.6 Å². The quantitative estimate of drug-likeness (QED) is 0.754. The molecule has 0 atom stereocenters. The van der Waals surface area contributed by atoms with Gasteiger partial charge >= 0.3 is 0 Å². The minimum Gasteiger partial charge on any atom is -0.347 e. The van der Waals surface area contributed by atoms with Crippen LogP contribution in [0.4, 0.5) is 5.69 Å². The average Bonchev–Trinajstić information content (AvgIpc) is 2.68. The smallest absolute Gasteiger partial charge is 0.272 e. The summed E-state index contributed by atoms with van der Waals surface area (Å²) in [5.41, 5.74) is 2.06. The molecule has 0 fully saturated rings. The molecule has 2 N–H and O–H groups in total. The Bertz CT molecular complexity index is 864. The summed E-state index contributed by atoms with van der Waals surface area (Å²) in [6.07, 6.45) is 1.52. The van der Waals surface area contributed by atoms with Crippen molar-refractivity contribution in [3.8, 4) is 0 Å². The summed E-state index contributed by atoms with van der Waals surface area (Å²) in [7, 11) is 0. The first-order chi connectivity index (χ1) is 12.2. The maximum Gasteiger partial charge on any atom is 0.272 e. The van der Waals surface area contributed by atoms with Crippen molar-refractivity contribution in [2.24, 2.45) is 0 Å². The fourth-order valence-electron chi connectivity index (χ4n) is 2.33. The van der Waals surface area contributed by atoms with Gasteiger partial charge in [-0.15, -0.1) is 0 Å². The SMILES string of the molecule is O=C(Nc1cccnc1C(=O)NCc1ccccc1)c1ccccc1. The molecule has 0 aliphatic heterocycles. The minimum absolute atomic E-state index is 0.183. The van der Waals surface area contributed by atoms with Gasteiger partial charge < -0.3 is 10.6 Å². The van der Waals surface area contributed by atoms with E-state index in [1.807, 2.05) is 36.4 Å². The number of hydrogen-bond donors (Lipinski definition) is 2. The first kappa shape index (κ1) is 16.4. The van der Waals surface area contributed by atoms with Crippen LogP contribution >= 0.6 is 0 Å². The zero-order chi connectivity index (χ0) is 17.5. The molecule has 5 nitrogen and oxygen atoms in total. The number of nitrogens with one attached hydrogen (secondary N) is 2. The lowest BCUT2D eigenvalue weighted by molar-refractivity contribution is 0.0947. The number of benzene rings is 2. The van der Waals surface area contributed by atoms with Gasteiger partial charge in [0.1, 0.15) is 0 Å². The van der Waals surface area contributed by atoms with E-state index in [0.717, 1.165) is 5.56 Å². The van der Waals surface area contributed by atoms with Crippen molar-refractivity contribution in [3.63, 3.8) is 0 Å². The molecule has 0 unspecified atom stereocenters. The molecule has 0 aliphatic carbocycles. The standard InChI is InChI=1S/C20H17N3O2/c24-19(16-10-5-2-6-11-16)23-17-12-7-13-21-18(17)20(25)22-14-15-8-3-1-4-9-15/h1-13H,14H2,(H,22,25)(H,23,24). The van der Waals surface area contributed by atoms with E-state index in [1.54, 1.807) is 36.4 Å². The van der Waals surface area contributed by atoms with Gasteiger partial charge in [0.25, 0.3) is 11.8 Å². The van der Waals surface area contributed by atoms with E-state index in [9.17, 15) is 9.59 Å². The summed E-state index contributed by atoms with van der Waals surface area (Å²) in [5.74, 6) is -0.626. The van der Waals surface area contributed by atoms with Crippen LogP contribution in [-0.4, -0.2) is 16.8 Å². The van der Waals surface area contributed by atoms with Crippen molar-refractivity contribution >= 4 is 17.5 Å². The van der Waals surface area contributed by atoms with E-state index in [4.69, 9.17) is 0 Å². The average molecular weight is 331 g/mol. The summed E-state index contributed by atoms with van der Waals surface area (Å²) in [6, 6.07) is 21.7. The molecule has 1 heterocycles. The van der Waals surface area contributed by atoms with E-state index in [0.29, 0.717) is 17.8 Å². The van der Waals surface area contributed by atoms with Crippen molar-refractivity contribution in [2.75, 3.05) is 5.32 Å². The molecule has 0 spiro atoms. The van der Waals surface area contributed by atoms with Gasteiger partial charge in [-0.2, -0.15) is 0 Å².